The maximum absolute atomic E-state index is 9.41. The highest BCUT2D eigenvalue weighted by Gasteiger charge is 2.29. The van der Waals surface area contributed by atoms with E-state index in [1.165, 1.54) is 0 Å². The fourth-order valence-electron chi connectivity index (χ4n) is 1.81. The standard InChI is InChI=1S/C10H20O3/c1-10(2,3)13-9-5-7(11)4-8(12)6-9/h7-9,11-12H,4-6H2,1-3H3/t7-,8+,9-. The van der Waals surface area contributed by atoms with E-state index in [4.69, 9.17) is 4.74 Å². The zero-order chi connectivity index (χ0) is 10.1. The highest BCUT2D eigenvalue weighted by molar-refractivity contribution is 4.80. The molecule has 0 bridgehead atoms. The molecule has 0 aliphatic heterocycles. The van der Waals surface area contributed by atoms with Gasteiger partial charge in [0, 0.05) is 0 Å². The highest BCUT2D eigenvalue weighted by Crippen LogP contribution is 2.25. The molecule has 0 unspecified atom stereocenters. The molecule has 3 nitrogen and oxygen atoms in total. The van der Waals surface area contributed by atoms with E-state index < -0.39 is 12.2 Å². The molecule has 0 radical (unpaired) electrons. The normalized spacial score (nSPS) is 36.2. The van der Waals surface area contributed by atoms with Crippen LogP contribution in [0.3, 0.4) is 0 Å². The first-order valence-corrected chi connectivity index (χ1v) is 4.91. The van der Waals surface area contributed by atoms with Gasteiger partial charge < -0.3 is 14.9 Å². The third-order valence-electron chi connectivity index (χ3n) is 2.13. The Balaban J connectivity index is 2.42. The van der Waals surface area contributed by atoms with Gasteiger partial charge in [0.25, 0.3) is 0 Å². The number of hydrogen-bond donors (Lipinski definition) is 2. The molecular formula is C10H20O3. The van der Waals surface area contributed by atoms with Crippen LogP contribution in [0.15, 0.2) is 0 Å². The Morgan fingerprint density at radius 1 is 1.00 bits per heavy atom. The first-order chi connectivity index (χ1) is 5.87. The van der Waals surface area contributed by atoms with Crippen molar-refractivity contribution in [3.8, 4) is 0 Å². The van der Waals surface area contributed by atoms with Crippen molar-refractivity contribution in [1.29, 1.82) is 0 Å². The van der Waals surface area contributed by atoms with E-state index in [2.05, 4.69) is 0 Å². The summed E-state index contributed by atoms with van der Waals surface area (Å²) in [6.07, 6.45) is 0.970. The van der Waals surface area contributed by atoms with Crippen LogP contribution in [0.4, 0.5) is 0 Å². The Kier molecular flexibility index (Phi) is 3.33. The zero-order valence-electron chi connectivity index (χ0n) is 8.66. The summed E-state index contributed by atoms with van der Waals surface area (Å²) < 4.78 is 5.70. The maximum atomic E-state index is 9.41. The predicted molar refractivity (Wildman–Crippen MR) is 50.5 cm³/mol. The minimum absolute atomic E-state index is 0.00116. The van der Waals surface area contributed by atoms with Crippen LogP contribution < -0.4 is 0 Å². The Bertz CT molecular complexity index is 152. The first kappa shape index (κ1) is 11.0. The van der Waals surface area contributed by atoms with Crippen molar-refractivity contribution in [3.05, 3.63) is 0 Å². The fourth-order valence-corrected chi connectivity index (χ4v) is 1.81. The summed E-state index contributed by atoms with van der Waals surface area (Å²) in [5.74, 6) is 0. The van der Waals surface area contributed by atoms with Gasteiger partial charge in [-0.2, -0.15) is 0 Å². The fraction of sp³-hybridized carbons (Fsp3) is 1.00. The van der Waals surface area contributed by atoms with Crippen molar-refractivity contribution in [1.82, 2.24) is 0 Å². The van der Waals surface area contributed by atoms with Gasteiger partial charge in [-0.05, 0) is 40.0 Å². The van der Waals surface area contributed by atoms with Gasteiger partial charge in [-0.25, -0.2) is 0 Å². The van der Waals surface area contributed by atoms with Crippen LogP contribution in [-0.2, 0) is 4.74 Å². The molecule has 0 aromatic heterocycles. The summed E-state index contributed by atoms with van der Waals surface area (Å²) in [5.41, 5.74) is -0.193. The van der Waals surface area contributed by atoms with Gasteiger partial charge in [0.1, 0.15) is 0 Å². The first-order valence-electron chi connectivity index (χ1n) is 4.91. The highest BCUT2D eigenvalue weighted by atomic mass is 16.5. The van der Waals surface area contributed by atoms with Crippen LogP contribution in [0, 0.1) is 0 Å². The van der Waals surface area contributed by atoms with Crippen LogP contribution >= 0.6 is 0 Å². The van der Waals surface area contributed by atoms with E-state index in [1.807, 2.05) is 20.8 Å². The van der Waals surface area contributed by atoms with E-state index in [1.54, 1.807) is 0 Å². The molecule has 0 heterocycles. The number of ether oxygens (including phenoxy) is 1. The van der Waals surface area contributed by atoms with Crippen LogP contribution in [0.25, 0.3) is 0 Å². The van der Waals surface area contributed by atoms with E-state index in [0.717, 1.165) is 0 Å². The summed E-state index contributed by atoms with van der Waals surface area (Å²) in [6, 6.07) is 0. The molecule has 0 spiro atoms. The molecule has 0 aromatic carbocycles. The van der Waals surface area contributed by atoms with Crippen molar-refractivity contribution < 1.29 is 14.9 Å². The summed E-state index contributed by atoms with van der Waals surface area (Å²) in [7, 11) is 0. The average molecular weight is 188 g/mol. The van der Waals surface area contributed by atoms with Gasteiger partial charge in [-0.1, -0.05) is 0 Å². The third kappa shape index (κ3) is 4.07. The quantitative estimate of drug-likeness (QED) is 0.647. The van der Waals surface area contributed by atoms with Gasteiger partial charge in [-0.3, -0.25) is 0 Å². The van der Waals surface area contributed by atoms with Crippen LogP contribution in [0.5, 0.6) is 0 Å². The molecule has 1 rings (SSSR count). The van der Waals surface area contributed by atoms with Crippen molar-refractivity contribution in [2.75, 3.05) is 0 Å². The van der Waals surface area contributed by atoms with Gasteiger partial charge in [0.15, 0.2) is 0 Å². The third-order valence-corrected chi connectivity index (χ3v) is 2.13. The predicted octanol–water partition coefficient (Wildman–Crippen LogP) is 1.08. The smallest absolute Gasteiger partial charge is 0.0631 e. The van der Waals surface area contributed by atoms with E-state index in [9.17, 15) is 10.2 Å². The Morgan fingerprint density at radius 2 is 1.46 bits per heavy atom. The van der Waals surface area contributed by atoms with Crippen molar-refractivity contribution in [2.24, 2.45) is 0 Å². The maximum Gasteiger partial charge on any atom is 0.0631 e. The van der Waals surface area contributed by atoms with Crippen LogP contribution in [0.2, 0.25) is 0 Å². The molecule has 0 aromatic rings. The van der Waals surface area contributed by atoms with Crippen molar-refractivity contribution in [3.63, 3.8) is 0 Å². The number of aliphatic hydroxyl groups excluding tert-OH is 2. The number of aliphatic hydroxyl groups is 2. The lowest BCUT2D eigenvalue weighted by molar-refractivity contribution is -0.115. The molecule has 13 heavy (non-hydrogen) atoms. The summed E-state index contributed by atoms with van der Waals surface area (Å²) >= 11 is 0. The second-order valence-electron chi connectivity index (χ2n) is 4.87. The van der Waals surface area contributed by atoms with Gasteiger partial charge >= 0.3 is 0 Å². The largest absolute Gasteiger partial charge is 0.393 e. The Morgan fingerprint density at radius 3 is 1.85 bits per heavy atom. The van der Waals surface area contributed by atoms with Crippen molar-refractivity contribution >= 4 is 0 Å². The van der Waals surface area contributed by atoms with Gasteiger partial charge in [0.2, 0.25) is 0 Å². The summed E-state index contributed by atoms with van der Waals surface area (Å²) in [6.45, 7) is 5.96. The Hall–Kier alpha value is -0.120. The van der Waals surface area contributed by atoms with E-state index in [-0.39, 0.29) is 11.7 Å². The van der Waals surface area contributed by atoms with Gasteiger partial charge in [0.05, 0.1) is 23.9 Å². The molecule has 1 fully saturated rings. The van der Waals surface area contributed by atoms with E-state index >= 15 is 0 Å². The second kappa shape index (κ2) is 3.95. The lowest BCUT2D eigenvalue weighted by atomic mass is 9.92. The second-order valence-corrected chi connectivity index (χ2v) is 4.87. The zero-order valence-corrected chi connectivity index (χ0v) is 8.66. The van der Waals surface area contributed by atoms with Gasteiger partial charge in [-0.15, -0.1) is 0 Å². The molecular weight excluding hydrogens is 168 g/mol. The number of rotatable bonds is 1. The molecule has 0 amide bonds. The monoisotopic (exact) mass is 188 g/mol. The molecule has 1 saturated carbocycles. The minimum atomic E-state index is -0.406. The molecule has 3 heteroatoms. The topological polar surface area (TPSA) is 49.7 Å². The number of hydrogen-bond acceptors (Lipinski definition) is 3. The summed E-state index contributed by atoms with van der Waals surface area (Å²) in [5, 5.41) is 18.8. The van der Waals surface area contributed by atoms with Crippen molar-refractivity contribution in [2.45, 2.75) is 63.9 Å². The molecule has 0 saturated heterocycles. The lowest BCUT2D eigenvalue weighted by Gasteiger charge is -2.34. The SMILES string of the molecule is CC(C)(C)O[C@@H]1C[C@H](O)C[C@H](O)C1. The Labute approximate surface area is 79.7 Å². The minimum Gasteiger partial charge on any atom is -0.393 e. The molecule has 2 N–H and O–H groups in total. The van der Waals surface area contributed by atoms with Crippen LogP contribution in [0.1, 0.15) is 40.0 Å². The molecule has 1 aliphatic carbocycles. The molecule has 78 valence electrons. The molecule has 1 aliphatic rings. The average Bonchev–Trinajstić information content (AvgIpc) is 1.78. The van der Waals surface area contributed by atoms with Crippen LogP contribution in [-0.4, -0.2) is 34.1 Å². The van der Waals surface area contributed by atoms with E-state index in [0.29, 0.717) is 19.3 Å². The lowest BCUT2D eigenvalue weighted by Crippen LogP contribution is -2.38. The summed E-state index contributed by atoms with van der Waals surface area (Å²) in [4.78, 5) is 0. The molecule has 3 atom stereocenters.